The van der Waals surface area contributed by atoms with Gasteiger partial charge in [-0.3, -0.25) is 4.79 Å². The van der Waals surface area contributed by atoms with E-state index in [-0.39, 0.29) is 34.8 Å². The van der Waals surface area contributed by atoms with E-state index in [1.165, 1.54) is 0 Å². The second-order valence-electron chi connectivity index (χ2n) is 10.3. The molecular formula is C25H35NO4SSi. The van der Waals surface area contributed by atoms with Gasteiger partial charge in [0.15, 0.2) is 8.32 Å². The normalized spacial score (nSPS) is 20.1. The van der Waals surface area contributed by atoms with Crippen molar-refractivity contribution in [1.29, 1.82) is 0 Å². The molecular weight excluding hydrogens is 438 g/mol. The molecule has 5 nitrogen and oxygen atoms in total. The second-order valence-corrected chi connectivity index (χ2v) is 16.9. The van der Waals surface area contributed by atoms with Crippen molar-refractivity contribution >= 4 is 24.2 Å². The van der Waals surface area contributed by atoms with Crippen LogP contribution in [0.1, 0.15) is 38.3 Å². The molecule has 2 aromatic carbocycles. The fourth-order valence-electron chi connectivity index (χ4n) is 3.80. The van der Waals surface area contributed by atoms with Crippen LogP contribution in [0.25, 0.3) is 0 Å². The topological polar surface area (TPSA) is 63.7 Å². The molecule has 1 saturated heterocycles. The zero-order chi connectivity index (χ0) is 23.7. The van der Waals surface area contributed by atoms with Crippen LogP contribution in [-0.4, -0.2) is 39.6 Å². The van der Waals surface area contributed by atoms with Crippen LogP contribution in [0.5, 0.6) is 0 Å². The van der Waals surface area contributed by atoms with Gasteiger partial charge >= 0.3 is 0 Å². The van der Waals surface area contributed by atoms with Gasteiger partial charge in [-0.15, -0.1) is 0 Å². The average Bonchev–Trinajstić information content (AvgIpc) is 3.02. The molecule has 0 bridgehead atoms. The molecule has 0 unspecified atom stereocenters. The smallest absolute Gasteiger partial charge is 0.266 e. The summed E-state index contributed by atoms with van der Waals surface area (Å²) in [5, 5.41) is -0.00873. The van der Waals surface area contributed by atoms with Crippen molar-refractivity contribution in [3.8, 4) is 0 Å². The number of aryl methyl sites for hydroxylation is 1. The molecule has 0 radical (unpaired) electrons. The van der Waals surface area contributed by atoms with E-state index < -0.39 is 24.4 Å². The number of hydrogen-bond donors (Lipinski definition) is 0. The van der Waals surface area contributed by atoms with Gasteiger partial charge in [0, 0.05) is 6.42 Å². The van der Waals surface area contributed by atoms with Gasteiger partial charge in [-0.2, -0.15) is 0 Å². The predicted octanol–water partition coefficient (Wildman–Crippen LogP) is 5.17. The van der Waals surface area contributed by atoms with Gasteiger partial charge in [0.1, 0.15) is 0 Å². The number of rotatable bonds is 7. The van der Waals surface area contributed by atoms with Crippen LogP contribution < -0.4 is 0 Å². The molecule has 0 aliphatic carbocycles. The third-order valence-corrected chi connectivity index (χ3v) is 13.2. The van der Waals surface area contributed by atoms with Crippen molar-refractivity contribution in [3.63, 3.8) is 0 Å². The highest BCUT2D eigenvalue weighted by molar-refractivity contribution is 7.89. The number of carbonyl (C=O) groups excluding carboxylic acids is 1. The number of hydrogen-bond acceptors (Lipinski definition) is 4. The maximum atomic E-state index is 13.5. The summed E-state index contributed by atoms with van der Waals surface area (Å²) in [5.74, 6) is -0.481. The van der Waals surface area contributed by atoms with Crippen LogP contribution >= 0.6 is 0 Å². The van der Waals surface area contributed by atoms with E-state index in [0.717, 1.165) is 15.4 Å². The van der Waals surface area contributed by atoms with E-state index in [2.05, 4.69) is 33.9 Å². The van der Waals surface area contributed by atoms with Gasteiger partial charge in [-0.1, -0.05) is 68.8 Å². The Morgan fingerprint density at radius 2 is 1.62 bits per heavy atom. The van der Waals surface area contributed by atoms with Crippen molar-refractivity contribution in [3.05, 3.63) is 65.7 Å². The van der Waals surface area contributed by atoms with Crippen molar-refractivity contribution in [1.82, 2.24) is 4.31 Å². The predicted molar refractivity (Wildman–Crippen MR) is 130 cm³/mol. The summed E-state index contributed by atoms with van der Waals surface area (Å²) in [6, 6.07) is 16.1. The summed E-state index contributed by atoms with van der Waals surface area (Å²) >= 11 is 0. The molecule has 1 heterocycles. The van der Waals surface area contributed by atoms with Crippen LogP contribution in [0, 0.1) is 12.8 Å². The Bertz CT molecular complexity index is 1040. The summed E-state index contributed by atoms with van der Waals surface area (Å²) in [7, 11) is -6.09. The fourth-order valence-corrected chi connectivity index (χ4v) is 6.46. The molecule has 2 atom stereocenters. The maximum absolute atomic E-state index is 13.5. The maximum Gasteiger partial charge on any atom is 0.266 e. The Balaban J connectivity index is 1.96. The summed E-state index contributed by atoms with van der Waals surface area (Å²) in [5.41, 5.74) is 2.06. The molecule has 3 rings (SSSR count). The highest BCUT2D eigenvalue weighted by atomic mass is 32.2. The summed E-state index contributed by atoms with van der Waals surface area (Å²) < 4.78 is 34.7. The minimum absolute atomic E-state index is 0.00873. The fraction of sp³-hybridized carbons (Fsp3) is 0.480. The molecule has 1 aliphatic rings. The molecule has 2 aromatic rings. The highest BCUT2D eigenvalue weighted by Gasteiger charge is 2.48. The molecule has 0 spiro atoms. The average molecular weight is 474 g/mol. The Hall–Kier alpha value is -1.96. The van der Waals surface area contributed by atoms with E-state index in [1.807, 2.05) is 37.3 Å². The largest absolute Gasteiger partial charge is 0.415 e. The van der Waals surface area contributed by atoms with E-state index in [1.54, 1.807) is 24.3 Å². The Labute approximate surface area is 194 Å². The molecule has 1 aliphatic heterocycles. The molecule has 174 valence electrons. The van der Waals surface area contributed by atoms with Gasteiger partial charge in [0.05, 0.1) is 17.5 Å². The van der Waals surface area contributed by atoms with E-state index in [0.29, 0.717) is 6.42 Å². The third kappa shape index (κ3) is 5.16. The van der Waals surface area contributed by atoms with Gasteiger partial charge in [0.2, 0.25) is 5.91 Å². The van der Waals surface area contributed by atoms with E-state index in [9.17, 15) is 13.2 Å². The van der Waals surface area contributed by atoms with E-state index >= 15 is 0 Å². The molecule has 32 heavy (non-hydrogen) atoms. The number of benzene rings is 2. The van der Waals surface area contributed by atoms with Crippen molar-refractivity contribution in [2.45, 2.75) is 69.6 Å². The summed E-state index contributed by atoms with van der Waals surface area (Å²) in [6.07, 6.45) is 0.837. The van der Waals surface area contributed by atoms with Crippen molar-refractivity contribution in [2.75, 3.05) is 6.61 Å². The molecule has 0 N–H and O–H groups in total. The first-order valence-corrected chi connectivity index (χ1v) is 15.5. The lowest BCUT2D eigenvalue weighted by Crippen LogP contribution is -2.48. The molecule has 0 aromatic heterocycles. The summed E-state index contributed by atoms with van der Waals surface area (Å²) in [6.45, 7) is 12.9. The first-order valence-electron chi connectivity index (χ1n) is 11.1. The number of carbonyl (C=O) groups is 1. The first kappa shape index (κ1) is 24.7. The Morgan fingerprint density at radius 1 is 1.03 bits per heavy atom. The van der Waals surface area contributed by atoms with Crippen LogP contribution in [0.3, 0.4) is 0 Å². The monoisotopic (exact) mass is 473 g/mol. The lowest BCUT2D eigenvalue weighted by Gasteiger charge is -2.38. The zero-order valence-electron chi connectivity index (χ0n) is 20.0. The van der Waals surface area contributed by atoms with Gasteiger partial charge in [-0.05, 0) is 55.1 Å². The van der Waals surface area contributed by atoms with Crippen molar-refractivity contribution < 1.29 is 17.6 Å². The number of sulfonamides is 1. The van der Waals surface area contributed by atoms with Crippen LogP contribution in [0.15, 0.2) is 59.5 Å². The van der Waals surface area contributed by atoms with Crippen LogP contribution in [-0.2, 0) is 25.7 Å². The lowest BCUT2D eigenvalue weighted by molar-refractivity contribution is -0.124. The summed E-state index contributed by atoms with van der Waals surface area (Å²) in [4.78, 5) is 13.2. The minimum atomic E-state index is -3.96. The third-order valence-electron chi connectivity index (χ3n) is 6.87. The molecule has 7 heteroatoms. The van der Waals surface area contributed by atoms with Crippen LogP contribution in [0.2, 0.25) is 18.1 Å². The quantitative estimate of drug-likeness (QED) is 0.521. The van der Waals surface area contributed by atoms with E-state index in [4.69, 9.17) is 4.43 Å². The molecule has 1 fully saturated rings. The van der Waals surface area contributed by atoms with Gasteiger partial charge in [0.25, 0.3) is 10.0 Å². The highest BCUT2D eigenvalue weighted by Crippen LogP contribution is 2.39. The Kier molecular flexibility index (Phi) is 7.03. The number of nitrogens with zero attached hydrogens (tertiary/aromatic N) is 1. The SMILES string of the molecule is Cc1ccc(S(=O)(=O)N2C(=O)C[C@H](Cc3ccccc3)[C@H]2CO[Si](C)(C)C(C)(C)C)cc1. The first-order chi connectivity index (χ1) is 14.8. The van der Waals surface area contributed by atoms with Gasteiger partial charge in [-0.25, -0.2) is 12.7 Å². The molecule has 0 saturated carbocycles. The van der Waals surface area contributed by atoms with Crippen LogP contribution in [0.4, 0.5) is 0 Å². The molecule has 1 amide bonds. The van der Waals surface area contributed by atoms with Crippen molar-refractivity contribution in [2.24, 2.45) is 5.92 Å². The second kappa shape index (κ2) is 9.12. The standard InChI is InChI=1S/C25H35NO4SSi/c1-19-12-14-22(15-13-19)31(28,29)26-23(18-30-32(5,6)25(2,3)4)21(17-24(26)27)16-20-10-8-7-9-11-20/h7-15,21,23H,16-18H2,1-6H3/t21-,23+/m0/s1. The minimum Gasteiger partial charge on any atom is -0.415 e. The van der Waals surface area contributed by atoms with Gasteiger partial charge < -0.3 is 4.43 Å². The lowest BCUT2D eigenvalue weighted by atomic mass is 9.93. The Morgan fingerprint density at radius 3 is 2.19 bits per heavy atom. The zero-order valence-corrected chi connectivity index (χ0v) is 21.8. The number of amides is 1.